The molecule has 0 N–H and O–H groups in total. The Morgan fingerprint density at radius 2 is 2.00 bits per heavy atom. The van der Waals surface area contributed by atoms with E-state index in [1.165, 1.54) is 0 Å². The van der Waals surface area contributed by atoms with Crippen LogP contribution in [0.4, 0.5) is 0 Å². The molecule has 1 saturated heterocycles. The summed E-state index contributed by atoms with van der Waals surface area (Å²) in [5.74, 6) is 0.371. The molecular formula is C19H30N2O4Si. The van der Waals surface area contributed by atoms with Crippen LogP contribution in [0.1, 0.15) is 30.8 Å². The van der Waals surface area contributed by atoms with Crippen LogP contribution >= 0.6 is 0 Å². The summed E-state index contributed by atoms with van der Waals surface area (Å²) in [4.78, 5) is 9.05. The molecule has 0 unspecified atom stereocenters. The lowest BCUT2D eigenvalue weighted by Gasteiger charge is -2.30. The molecule has 6 nitrogen and oxygen atoms in total. The lowest BCUT2D eigenvalue weighted by Crippen LogP contribution is -2.31. The summed E-state index contributed by atoms with van der Waals surface area (Å²) in [5, 5.41) is 0. The molecule has 2 heterocycles. The monoisotopic (exact) mass is 378 g/mol. The van der Waals surface area contributed by atoms with Crippen LogP contribution in [0.5, 0.6) is 0 Å². The van der Waals surface area contributed by atoms with Gasteiger partial charge >= 0.3 is 0 Å². The summed E-state index contributed by atoms with van der Waals surface area (Å²) in [7, 11) is -1.05. The molecule has 1 spiro atoms. The van der Waals surface area contributed by atoms with Crippen molar-refractivity contribution in [3.8, 4) is 0 Å². The van der Waals surface area contributed by atoms with Crippen LogP contribution in [-0.2, 0) is 25.6 Å². The summed E-state index contributed by atoms with van der Waals surface area (Å²) >= 11 is 0. The number of ether oxygens (including phenoxy) is 4. The Labute approximate surface area is 156 Å². The SMILES string of the molecule is C[Si](C)(C)CCOCOCc1ccnc(C2=CCC3(CC2)OCCO3)n1. The molecule has 0 saturated carbocycles. The fourth-order valence-corrected chi connectivity index (χ4v) is 3.80. The third-order valence-corrected chi connectivity index (χ3v) is 6.37. The highest BCUT2D eigenvalue weighted by Gasteiger charge is 2.38. The van der Waals surface area contributed by atoms with Crippen LogP contribution < -0.4 is 0 Å². The van der Waals surface area contributed by atoms with Crippen molar-refractivity contribution >= 4 is 13.6 Å². The quantitative estimate of drug-likeness (QED) is 0.391. The summed E-state index contributed by atoms with van der Waals surface area (Å²) in [6, 6.07) is 3.04. The number of nitrogens with zero attached hydrogens (tertiary/aromatic N) is 2. The van der Waals surface area contributed by atoms with Gasteiger partial charge in [0.2, 0.25) is 0 Å². The van der Waals surface area contributed by atoms with Gasteiger partial charge < -0.3 is 18.9 Å². The molecule has 0 bridgehead atoms. The molecule has 1 fully saturated rings. The number of aromatic nitrogens is 2. The first-order valence-electron chi connectivity index (χ1n) is 9.41. The Bertz CT molecular complexity index is 624. The van der Waals surface area contributed by atoms with E-state index in [0.29, 0.717) is 26.6 Å². The minimum atomic E-state index is -1.05. The van der Waals surface area contributed by atoms with Crippen molar-refractivity contribution < 1.29 is 18.9 Å². The lowest BCUT2D eigenvalue weighted by atomic mass is 9.93. The number of rotatable bonds is 8. The number of allylic oxidation sites excluding steroid dienone is 1. The van der Waals surface area contributed by atoms with E-state index in [4.69, 9.17) is 18.9 Å². The van der Waals surface area contributed by atoms with Gasteiger partial charge in [-0.1, -0.05) is 25.7 Å². The molecule has 144 valence electrons. The molecule has 3 rings (SSSR count). The van der Waals surface area contributed by atoms with Crippen molar-refractivity contribution in [3.05, 3.63) is 29.9 Å². The molecule has 1 aromatic rings. The molecule has 1 aliphatic heterocycles. The van der Waals surface area contributed by atoms with E-state index >= 15 is 0 Å². The molecule has 0 aromatic carbocycles. The maximum atomic E-state index is 5.76. The normalized spacial score (nSPS) is 19.7. The van der Waals surface area contributed by atoms with Crippen LogP contribution in [0.2, 0.25) is 25.7 Å². The summed E-state index contributed by atoms with van der Waals surface area (Å²) in [5.41, 5.74) is 2.03. The van der Waals surface area contributed by atoms with Crippen LogP contribution in [0.3, 0.4) is 0 Å². The maximum absolute atomic E-state index is 5.76. The van der Waals surface area contributed by atoms with Crippen molar-refractivity contribution in [2.24, 2.45) is 0 Å². The maximum Gasteiger partial charge on any atom is 0.172 e. The largest absolute Gasteiger partial charge is 0.356 e. The second-order valence-corrected chi connectivity index (χ2v) is 13.7. The molecule has 0 amide bonds. The minimum Gasteiger partial charge on any atom is -0.356 e. The van der Waals surface area contributed by atoms with Crippen molar-refractivity contribution in [2.45, 2.75) is 57.3 Å². The second kappa shape index (κ2) is 8.71. The van der Waals surface area contributed by atoms with Crippen molar-refractivity contribution in [1.29, 1.82) is 0 Å². The first-order chi connectivity index (χ1) is 12.5. The molecule has 26 heavy (non-hydrogen) atoms. The molecule has 0 atom stereocenters. The predicted molar refractivity (Wildman–Crippen MR) is 102 cm³/mol. The van der Waals surface area contributed by atoms with E-state index in [1.807, 2.05) is 6.07 Å². The molecule has 1 aliphatic carbocycles. The zero-order chi connectivity index (χ0) is 18.5. The Morgan fingerprint density at radius 3 is 2.69 bits per heavy atom. The predicted octanol–water partition coefficient (Wildman–Crippen LogP) is 3.62. The van der Waals surface area contributed by atoms with E-state index in [0.717, 1.165) is 49.0 Å². The van der Waals surface area contributed by atoms with Gasteiger partial charge in [0.1, 0.15) is 6.79 Å². The fourth-order valence-electron chi connectivity index (χ4n) is 3.04. The molecular weight excluding hydrogens is 348 g/mol. The Hall–Kier alpha value is -1.12. The van der Waals surface area contributed by atoms with Gasteiger partial charge in [-0.05, 0) is 24.1 Å². The fraction of sp³-hybridized carbons (Fsp3) is 0.684. The van der Waals surface area contributed by atoms with Crippen LogP contribution in [0, 0.1) is 0 Å². The summed E-state index contributed by atoms with van der Waals surface area (Å²) < 4.78 is 22.7. The van der Waals surface area contributed by atoms with E-state index in [2.05, 4.69) is 35.7 Å². The van der Waals surface area contributed by atoms with Crippen molar-refractivity contribution in [3.63, 3.8) is 0 Å². The van der Waals surface area contributed by atoms with Gasteiger partial charge in [0.05, 0.1) is 25.5 Å². The van der Waals surface area contributed by atoms with Crippen LogP contribution in [0.25, 0.3) is 5.57 Å². The standard InChI is InChI=1S/C19H30N2O4Si/c1-26(2,3)13-12-22-15-23-14-17-6-9-20-18(21-17)16-4-7-19(8-5-16)24-10-11-25-19/h4,6,9H,5,7-8,10-15H2,1-3H3. The van der Waals surface area contributed by atoms with E-state index in [9.17, 15) is 0 Å². The lowest BCUT2D eigenvalue weighted by molar-refractivity contribution is -0.159. The Kier molecular flexibility index (Phi) is 6.58. The zero-order valence-corrected chi connectivity index (χ0v) is 17.1. The molecule has 1 aromatic heterocycles. The first-order valence-corrected chi connectivity index (χ1v) is 13.1. The van der Waals surface area contributed by atoms with Gasteiger partial charge in [0.15, 0.2) is 11.6 Å². The van der Waals surface area contributed by atoms with Crippen molar-refractivity contribution in [1.82, 2.24) is 9.97 Å². The Morgan fingerprint density at radius 1 is 1.19 bits per heavy atom. The van der Waals surface area contributed by atoms with Gasteiger partial charge in [-0.25, -0.2) is 9.97 Å². The zero-order valence-electron chi connectivity index (χ0n) is 16.1. The van der Waals surface area contributed by atoms with Crippen molar-refractivity contribution in [2.75, 3.05) is 26.6 Å². The van der Waals surface area contributed by atoms with E-state index in [-0.39, 0.29) is 0 Å². The minimum absolute atomic E-state index is 0.309. The van der Waals surface area contributed by atoms with E-state index in [1.54, 1.807) is 6.20 Å². The summed E-state index contributed by atoms with van der Waals surface area (Å²) in [6.07, 6.45) is 6.42. The second-order valence-electron chi connectivity index (χ2n) is 8.10. The third kappa shape index (κ3) is 5.69. The molecule has 0 radical (unpaired) electrons. The van der Waals surface area contributed by atoms with Gasteiger partial charge in [0.25, 0.3) is 0 Å². The summed E-state index contributed by atoms with van der Waals surface area (Å²) in [6.45, 7) is 9.91. The number of hydrogen-bond donors (Lipinski definition) is 0. The van der Waals surface area contributed by atoms with Gasteiger partial charge in [-0.2, -0.15) is 0 Å². The van der Waals surface area contributed by atoms with Gasteiger partial charge in [0, 0.05) is 33.7 Å². The van der Waals surface area contributed by atoms with Crippen LogP contribution in [-0.4, -0.2) is 50.4 Å². The number of hydrogen-bond acceptors (Lipinski definition) is 6. The highest BCUT2D eigenvalue weighted by molar-refractivity contribution is 6.76. The topological polar surface area (TPSA) is 62.7 Å². The van der Waals surface area contributed by atoms with E-state index < -0.39 is 13.9 Å². The average molecular weight is 379 g/mol. The Balaban J connectivity index is 1.46. The molecule has 7 heteroatoms. The molecule has 2 aliphatic rings. The highest BCUT2D eigenvalue weighted by Crippen LogP contribution is 2.37. The van der Waals surface area contributed by atoms with Gasteiger partial charge in [-0.15, -0.1) is 0 Å². The average Bonchev–Trinajstić information content (AvgIpc) is 3.06. The highest BCUT2D eigenvalue weighted by atomic mass is 28.3. The smallest absolute Gasteiger partial charge is 0.172 e. The third-order valence-electron chi connectivity index (χ3n) is 4.66. The van der Waals surface area contributed by atoms with Crippen LogP contribution in [0.15, 0.2) is 18.3 Å². The van der Waals surface area contributed by atoms with Gasteiger partial charge in [-0.3, -0.25) is 0 Å². The first kappa shape index (κ1) is 19.6.